The Morgan fingerprint density at radius 1 is 1.38 bits per heavy atom. The van der Waals surface area contributed by atoms with Crippen molar-refractivity contribution in [2.75, 3.05) is 29.0 Å². The summed E-state index contributed by atoms with van der Waals surface area (Å²) in [5.74, 6) is -1.06. The summed E-state index contributed by atoms with van der Waals surface area (Å²) in [6.07, 6.45) is -0.514. The summed E-state index contributed by atoms with van der Waals surface area (Å²) < 4.78 is 26.6. The van der Waals surface area contributed by atoms with Crippen molar-refractivity contribution in [3.05, 3.63) is 41.5 Å². The summed E-state index contributed by atoms with van der Waals surface area (Å²) >= 11 is 5.37. The van der Waals surface area contributed by atoms with Gasteiger partial charge in [0, 0.05) is 32.3 Å². The van der Waals surface area contributed by atoms with Crippen molar-refractivity contribution in [1.82, 2.24) is 14.7 Å². The number of halogens is 2. The van der Waals surface area contributed by atoms with E-state index in [9.17, 15) is 18.8 Å². The third kappa shape index (κ3) is 4.20. The molecule has 2 aliphatic rings. The van der Waals surface area contributed by atoms with Crippen molar-refractivity contribution < 1.29 is 28.2 Å². The molecule has 2 aliphatic heterocycles. The van der Waals surface area contributed by atoms with Crippen LogP contribution in [0.1, 0.15) is 18.2 Å². The smallest absolute Gasteiger partial charge is 0.417 e. The number of benzene rings is 1. The molecule has 1 atom stereocenters. The summed E-state index contributed by atoms with van der Waals surface area (Å²) in [5, 5.41) is 4.37. The van der Waals surface area contributed by atoms with Gasteiger partial charge in [-0.05, 0) is 18.2 Å². The summed E-state index contributed by atoms with van der Waals surface area (Å²) in [6, 6.07) is 4.09. The number of amides is 3. The first-order chi connectivity index (χ1) is 15.3. The molecule has 2 aromatic rings. The molecular weight excluding hydrogens is 445 g/mol. The number of rotatable bonds is 5. The number of anilines is 2. The van der Waals surface area contributed by atoms with Crippen LogP contribution in [0.5, 0.6) is 0 Å². The first-order valence-corrected chi connectivity index (χ1v) is 10.3. The van der Waals surface area contributed by atoms with Gasteiger partial charge in [0.1, 0.15) is 11.9 Å². The minimum atomic E-state index is -0.932. The van der Waals surface area contributed by atoms with Gasteiger partial charge in [0.2, 0.25) is 5.91 Å². The molecule has 0 bridgehead atoms. The van der Waals surface area contributed by atoms with E-state index in [-0.39, 0.29) is 13.1 Å². The van der Waals surface area contributed by atoms with Crippen LogP contribution in [0.15, 0.2) is 24.4 Å². The van der Waals surface area contributed by atoms with Gasteiger partial charge in [0.15, 0.2) is 6.07 Å². The first kappa shape index (κ1) is 21.9. The molecule has 170 valence electrons. The van der Waals surface area contributed by atoms with Crippen molar-refractivity contribution in [3.8, 4) is 0 Å². The van der Waals surface area contributed by atoms with E-state index in [0.717, 1.165) is 16.2 Å². The Morgan fingerprint density at radius 3 is 2.81 bits per heavy atom. The Hall–Kier alpha value is -3.34. The maximum Gasteiger partial charge on any atom is 0.417 e. The van der Waals surface area contributed by atoms with E-state index in [1.54, 1.807) is 16.8 Å². The maximum absolute atomic E-state index is 14.9. The zero-order valence-electron chi connectivity index (χ0n) is 17.5. The number of imide groups is 1. The average Bonchev–Trinajstić information content (AvgIpc) is 3.38. The van der Waals surface area contributed by atoms with Crippen LogP contribution in [0.2, 0.25) is 0 Å². The van der Waals surface area contributed by atoms with E-state index in [2.05, 4.69) is 9.84 Å². The molecule has 1 aromatic carbocycles. The summed E-state index contributed by atoms with van der Waals surface area (Å²) in [4.78, 5) is 39.9. The third-order valence-corrected chi connectivity index (χ3v) is 5.43. The fraction of sp³-hybridized carbons (Fsp3) is 0.400. The van der Waals surface area contributed by atoms with Gasteiger partial charge in [0.25, 0.3) is 0 Å². The van der Waals surface area contributed by atoms with Crippen molar-refractivity contribution >= 4 is 41.1 Å². The van der Waals surface area contributed by atoms with E-state index >= 15 is 0 Å². The molecule has 1 saturated heterocycles. The van der Waals surface area contributed by atoms with Gasteiger partial charge in [-0.2, -0.15) is 5.10 Å². The molecule has 10 nitrogen and oxygen atoms in total. The number of cyclic esters (lactones) is 1. The number of hydrogen-bond acceptors (Lipinski definition) is 7. The van der Waals surface area contributed by atoms with Crippen molar-refractivity contribution in [3.63, 3.8) is 0 Å². The molecule has 0 N–H and O–H groups in total. The van der Waals surface area contributed by atoms with Crippen LogP contribution in [0, 0.1) is 5.82 Å². The molecule has 0 spiro atoms. The second kappa shape index (κ2) is 8.65. The summed E-state index contributed by atoms with van der Waals surface area (Å²) in [5.41, 5.74) is 2.67. The fourth-order valence-corrected chi connectivity index (χ4v) is 3.96. The molecule has 32 heavy (non-hydrogen) atoms. The van der Waals surface area contributed by atoms with Gasteiger partial charge < -0.3 is 14.4 Å². The van der Waals surface area contributed by atoms with Crippen LogP contribution in [0.4, 0.5) is 25.4 Å². The van der Waals surface area contributed by atoms with Crippen LogP contribution in [0.25, 0.3) is 0 Å². The Balaban J connectivity index is 1.44. The van der Waals surface area contributed by atoms with Crippen molar-refractivity contribution in [2.45, 2.75) is 26.1 Å². The standard InChI is InChI=1S/C20H21ClFN5O5/c1-12(28)26(19(29)31-11-21)8-15-9-27(20(30)32-15)14-3-4-18(16(22)5-14)25-7-13-6-24(2)23-17(13)10-25/h3-6,15H,7-11H2,1-2H3/t15-/m0/s1. The van der Waals surface area contributed by atoms with Gasteiger partial charge in [-0.25, -0.2) is 18.9 Å². The topological polar surface area (TPSA) is 97.2 Å². The van der Waals surface area contributed by atoms with Gasteiger partial charge in [0.05, 0.1) is 36.7 Å². The molecule has 0 aliphatic carbocycles. The van der Waals surface area contributed by atoms with Crippen LogP contribution in [-0.4, -0.2) is 58.0 Å². The van der Waals surface area contributed by atoms with Crippen LogP contribution in [0.3, 0.4) is 0 Å². The lowest BCUT2D eigenvalue weighted by atomic mass is 10.2. The average molecular weight is 466 g/mol. The number of fused-ring (bicyclic) bond motifs is 1. The van der Waals surface area contributed by atoms with E-state index < -0.39 is 36.1 Å². The minimum absolute atomic E-state index is 0.0370. The molecule has 4 rings (SSSR count). The lowest BCUT2D eigenvalue weighted by Crippen LogP contribution is -2.42. The van der Waals surface area contributed by atoms with Crippen molar-refractivity contribution in [1.29, 1.82) is 0 Å². The highest BCUT2D eigenvalue weighted by Crippen LogP contribution is 2.32. The Bertz CT molecular complexity index is 1050. The molecular formula is C20H21ClFN5O5. The Morgan fingerprint density at radius 2 is 2.16 bits per heavy atom. The number of carbonyl (C=O) groups excluding carboxylic acids is 3. The number of hydrogen-bond donors (Lipinski definition) is 0. The zero-order chi connectivity index (χ0) is 23.0. The normalized spacial score (nSPS) is 17.4. The quantitative estimate of drug-likeness (QED) is 0.626. The second-order valence-electron chi connectivity index (χ2n) is 7.53. The Kier molecular flexibility index (Phi) is 5.92. The Labute approximate surface area is 188 Å². The molecule has 1 fully saturated rings. The molecule has 0 saturated carbocycles. The van der Waals surface area contributed by atoms with E-state index in [1.807, 2.05) is 18.1 Å². The SMILES string of the molecule is CC(=O)N(C[C@H]1CN(c2ccc(N3Cc4cn(C)nc4C3)c(F)c2)C(=O)O1)C(=O)OCCl. The molecule has 0 unspecified atom stereocenters. The van der Waals surface area contributed by atoms with Gasteiger partial charge in [-0.15, -0.1) is 0 Å². The lowest BCUT2D eigenvalue weighted by Gasteiger charge is -2.21. The summed E-state index contributed by atoms with van der Waals surface area (Å²) in [7, 11) is 1.84. The third-order valence-electron chi connectivity index (χ3n) is 5.32. The highest BCUT2D eigenvalue weighted by molar-refractivity contribution is 6.17. The highest BCUT2D eigenvalue weighted by Gasteiger charge is 2.36. The number of carbonyl (C=O) groups is 3. The molecule has 1 aromatic heterocycles. The number of ether oxygens (including phenoxy) is 2. The van der Waals surface area contributed by atoms with Crippen LogP contribution < -0.4 is 9.80 Å². The van der Waals surface area contributed by atoms with Crippen LogP contribution in [-0.2, 0) is 34.4 Å². The van der Waals surface area contributed by atoms with Gasteiger partial charge >= 0.3 is 12.2 Å². The molecule has 12 heteroatoms. The van der Waals surface area contributed by atoms with Gasteiger partial charge in [-0.3, -0.25) is 14.4 Å². The first-order valence-electron chi connectivity index (χ1n) is 9.81. The zero-order valence-corrected chi connectivity index (χ0v) is 18.2. The number of aryl methyl sites for hydroxylation is 1. The summed E-state index contributed by atoms with van der Waals surface area (Å²) in [6.45, 7) is 2.07. The van der Waals surface area contributed by atoms with Crippen molar-refractivity contribution in [2.24, 2.45) is 7.05 Å². The van der Waals surface area contributed by atoms with Gasteiger partial charge in [-0.1, -0.05) is 11.6 Å². The predicted molar refractivity (Wildman–Crippen MR) is 112 cm³/mol. The monoisotopic (exact) mass is 465 g/mol. The minimum Gasteiger partial charge on any atom is -0.442 e. The van der Waals surface area contributed by atoms with Crippen LogP contribution >= 0.6 is 11.6 Å². The molecule has 3 heterocycles. The second-order valence-corrected chi connectivity index (χ2v) is 7.75. The molecule has 3 amide bonds. The number of nitrogens with zero attached hydrogens (tertiary/aromatic N) is 5. The maximum atomic E-state index is 14.9. The van der Waals surface area contributed by atoms with E-state index in [1.165, 1.54) is 17.9 Å². The predicted octanol–water partition coefficient (Wildman–Crippen LogP) is 2.59. The lowest BCUT2D eigenvalue weighted by molar-refractivity contribution is -0.128. The molecule has 0 radical (unpaired) electrons. The van der Waals surface area contributed by atoms with E-state index in [4.69, 9.17) is 16.3 Å². The number of aromatic nitrogens is 2. The highest BCUT2D eigenvalue weighted by atomic mass is 35.5. The fourth-order valence-electron chi connectivity index (χ4n) is 3.87. The van der Waals surface area contributed by atoms with E-state index in [0.29, 0.717) is 24.5 Å². The number of alkyl halides is 1. The largest absolute Gasteiger partial charge is 0.442 e.